The highest BCUT2D eigenvalue weighted by atomic mass is 19.2. The number of allylic oxidation sites excluding steroid dienone is 1. The van der Waals surface area contributed by atoms with Crippen molar-refractivity contribution in [1.29, 1.82) is 0 Å². The Balaban J connectivity index is 1.44. The summed E-state index contributed by atoms with van der Waals surface area (Å²) in [6, 6.07) is 3.16. The first-order chi connectivity index (χ1) is 13.1. The summed E-state index contributed by atoms with van der Waals surface area (Å²) in [5, 5.41) is 0. The molecule has 0 amide bonds. The van der Waals surface area contributed by atoms with E-state index in [0.717, 1.165) is 45.1 Å². The van der Waals surface area contributed by atoms with Crippen LogP contribution in [0.15, 0.2) is 24.3 Å². The minimum Gasteiger partial charge on any atom is -0.494 e. The maximum Gasteiger partial charge on any atom is 0.200 e. The fourth-order valence-corrected chi connectivity index (χ4v) is 4.19. The highest BCUT2D eigenvalue weighted by Gasteiger charge is 2.28. The number of benzene rings is 1. The molecule has 2 aliphatic rings. The highest BCUT2D eigenvalue weighted by Crippen LogP contribution is 2.37. The molecule has 3 rings (SSSR count). The summed E-state index contributed by atoms with van der Waals surface area (Å²) in [4.78, 5) is 0. The second kappa shape index (κ2) is 9.65. The van der Waals surface area contributed by atoms with Gasteiger partial charge in [0.1, 0.15) is 0 Å². The van der Waals surface area contributed by atoms with E-state index in [2.05, 4.69) is 12.2 Å². The van der Waals surface area contributed by atoms with E-state index in [9.17, 15) is 8.78 Å². The SMILES string of the molecule is C/C=C/C1CCC(COC2CCC(c3ccc(OC)c(F)c3F)CC2)OC1. The average Bonchev–Trinajstić information content (AvgIpc) is 2.70. The van der Waals surface area contributed by atoms with Crippen LogP contribution in [0, 0.1) is 17.6 Å². The van der Waals surface area contributed by atoms with Crippen LogP contribution >= 0.6 is 0 Å². The van der Waals surface area contributed by atoms with Gasteiger partial charge < -0.3 is 14.2 Å². The molecule has 0 radical (unpaired) electrons. The van der Waals surface area contributed by atoms with Gasteiger partial charge in [-0.3, -0.25) is 0 Å². The topological polar surface area (TPSA) is 27.7 Å². The predicted octanol–water partition coefficient (Wildman–Crippen LogP) is 5.39. The standard InChI is InChI=1S/C22H30F2O3/c1-3-4-15-5-8-18(26-13-15)14-27-17-9-6-16(7-10-17)19-11-12-20(25-2)22(24)21(19)23/h3-4,11-12,15-18H,5-10,13-14H2,1-2H3/b4-3+. The van der Waals surface area contributed by atoms with Crippen LogP contribution in [0.3, 0.4) is 0 Å². The molecule has 3 nitrogen and oxygen atoms in total. The quantitative estimate of drug-likeness (QED) is 0.620. The third-order valence-electron chi connectivity index (χ3n) is 5.80. The molecule has 1 aromatic carbocycles. The molecule has 1 saturated carbocycles. The lowest BCUT2D eigenvalue weighted by molar-refractivity contribution is -0.0795. The van der Waals surface area contributed by atoms with Crippen molar-refractivity contribution < 1.29 is 23.0 Å². The van der Waals surface area contributed by atoms with Crippen molar-refractivity contribution in [3.8, 4) is 5.75 Å². The van der Waals surface area contributed by atoms with Crippen molar-refractivity contribution in [2.24, 2.45) is 5.92 Å². The van der Waals surface area contributed by atoms with E-state index in [-0.39, 0.29) is 23.9 Å². The summed E-state index contributed by atoms with van der Waals surface area (Å²) < 4.78 is 45.1. The van der Waals surface area contributed by atoms with Gasteiger partial charge in [-0.05, 0) is 63.0 Å². The van der Waals surface area contributed by atoms with Crippen LogP contribution in [-0.2, 0) is 9.47 Å². The first-order valence-electron chi connectivity index (χ1n) is 10.00. The van der Waals surface area contributed by atoms with Gasteiger partial charge >= 0.3 is 0 Å². The Morgan fingerprint density at radius 2 is 1.85 bits per heavy atom. The molecule has 0 bridgehead atoms. The number of halogens is 2. The van der Waals surface area contributed by atoms with E-state index < -0.39 is 11.6 Å². The van der Waals surface area contributed by atoms with E-state index in [1.807, 2.05) is 6.92 Å². The van der Waals surface area contributed by atoms with E-state index >= 15 is 0 Å². The minimum absolute atomic E-state index is 0.0396. The smallest absolute Gasteiger partial charge is 0.200 e. The summed E-state index contributed by atoms with van der Waals surface area (Å²) in [5.74, 6) is -1.14. The molecule has 0 N–H and O–H groups in total. The molecule has 5 heteroatoms. The maximum atomic E-state index is 14.3. The van der Waals surface area contributed by atoms with Crippen LogP contribution in [0.25, 0.3) is 0 Å². The average molecular weight is 380 g/mol. The molecule has 1 aromatic rings. The molecule has 0 spiro atoms. The van der Waals surface area contributed by atoms with E-state index in [0.29, 0.717) is 18.1 Å². The van der Waals surface area contributed by atoms with Crippen LogP contribution in [0.1, 0.15) is 56.9 Å². The van der Waals surface area contributed by atoms with Crippen molar-refractivity contribution in [2.45, 2.75) is 63.6 Å². The Labute approximate surface area is 160 Å². The number of methoxy groups -OCH3 is 1. The maximum absolute atomic E-state index is 14.3. The van der Waals surface area contributed by atoms with Crippen LogP contribution in [-0.4, -0.2) is 32.5 Å². The van der Waals surface area contributed by atoms with Gasteiger partial charge in [-0.1, -0.05) is 18.2 Å². The number of hydrogen-bond acceptors (Lipinski definition) is 3. The second-order valence-corrected chi connectivity index (χ2v) is 7.61. The monoisotopic (exact) mass is 380 g/mol. The molecule has 1 heterocycles. The summed E-state index contributed by atoms with van der Waals surface area (Å²) in [6.07, 6.45) is 10.2. The summed E-state index contributed by atoms with van der Waals surface area (Å²) >= 11 is 0. The third-order valence-corrected chi connectivity index (χ3v) is 5.80. The Morgan fingerprint density at radius 1 is 1.07 bits per heavy atom. The molecule has 1 aliphatic carbocycles. The zero-order chi connectivity index (χ0) is 19.2. The number of ether oxygens (including phenoxy) is 3. The minimum atomic E-state index is -0.890. The third kappa shape index (κ3) is 5.08. The van der Waals surface area contributed by atoms with Crippen molar-refractivity contribution in [3.63, 3.8) is 0 Å². The summed E-state index contributed by atoms with van der Waals surface area (Å²) in [7, 11) is 1.34. The Hall–Kier alpha value is -1.46. The summed E-state index contributed by atoms with van der Waals surface area (Å²) in [6.45, 7) is 3.44. The molecule has 2 fully saturated rings. The van der Waals surface area contributed by atoms with Gasteiger partial charge in [-0.25, -0.2) is 4.39 Å². The van der Waals surface area contributed by atoms with Gasteiger partial charge in [0.25, 0.3) is 0 Å². The first kappa shape index (κ1) is 20.3. The lowest BCUT2D eigenvalue weighted by Gasteiger charge is -2.32. The lowest BCUT2D eigenvalue weighted by Crippen LogP contribution is -2.31. The lowest BCUT2D eigenvalue weighted by atomic mass is 9.82. The zero-order valence-corrected chi connectivity index (χ0v) is 16.3. The first-order valence-corrected chi connectivity index (χ1v) is 10.00. The van der Waals surface area contributed by atoms with Gasteiger partial charge in [-0.15, -0.1) is 0 Å². The molecular formula is C22H30F2O3. The van der Waals surface area contributed by atoms with Gasteiger partial charge in [0, 0.05) is 5.92 Å². The molecule has 2 atom stereocenters. The molecule has 27 heavy (non-hydrogen) atoms. The van der Waals surface area contributed by atoms with Crippen LogP contribution in [0.5, 0.6) is 5.75 Å². The highest BCUT2D eigenvalue weighted by molar-refractivity contribution is 5.33. The molecule has 1 aliphatic heterocycles. The Kier molecular flexibility index (Phi) is 7.25. The fraction of sp³-hybridized carbons (Fsp3) is 0.636. The van der Waals surface area contributed by atoms with Crippen molar-refractivity contribution in [2.75, 3.05) is 20.3 Å². The predicted molar refractivity (Wildman–Crippen MR) is 101 cm³/mol. The van der Waals surface area contributed by atoms with Crippen molar-refractivity contribution >= 4 is 0 Å². The number of rotatable bonds is 6. The molecule has 150 valence electrons. The Bertz CT molecular complexity index is 631. The Morgan fingerprint density at radius 3 is 2.48 bits per heavy atom. The van der Waals surface area contributed by atoms with Gasteiger partial charge in [0.05, 0.1) is 32.5 Å². The summed E-state index contributed by atoms with van der Waals surface area (Å²) in [5.41, 5.74) is 0.456. The second-order valence-electron chi connectivity index (χ2n) is 7.61. The van der Waals surface area contributed by atoms with E-state index in [1.165, 1.54) is 13.2 Å². The van der Waals surface area contributed by atoms with Crippen molar-refractivity contribution in [1.82, 2.24) is 0 Å². The van der Waals surface area contributed by atoms with E-state index in [4.69, 9.17) is 14.2 Å². The van der Waals surface area contributed by atoms with E-state index in [1.54, 1.807) is 6.07 Å². The van der Waals surface area contributed by atoms with Gasteiger partial charge in [-0.2, -0.15) is 4.39 Å². The van der Waals surface area contributed by atoms with Crippen LogP contribution in [0.2, 0.25) is 0 Å². The normalized spacial score (nSPS) is 29.2. The fourth-order valence-electron chi connectivity index (χ4n) is 4.19. The molecule has 1 saturated heterocycles. The van der Waals surface area contributed by atoms with Gasteiger partial charge in [0.15, 0.2) is 11.6 Å². The largest absolute Gasteiger partial charge is 0.494 e. The molecular weight excluding hydrogens is 350 g/mol. The van der Waals surface area contributed by atoms with Gasteiger partial charge in [0.2, 0.25) is 5.82 Å². The van der Waals surface area contributed by atoms with Crippen LogP contribution < -0.4 is 4.74 Å². The zero-order valence-electron chi connectivity index (χ0n) is 16.3. The molecule has 0 aromatic heterocycles. The van der Waals surface area contributed by atoms with Crippen molar-refractivity contribution in [3.05, 3.63) is 41.5 Å². The molecule has 2 unspecified atom stereocenters. The number of hydrogen-bond donors (Lipinski definition) is 0. The van der Waals surface area contributed by atoms with Crippen LogP contribution in [0.4, 0.5) is 8.78 Å².